The number of benzene rings is 1. The van der Waals surface area contributed by atoms with Crippen LogP contribution >= 0.6 is 0 Å². The number of nitrogens with zero attached hydrogens (tertiary/aromatic N) is 1. The molecule has 0 aliphatic carbocycles. The van der Waals surface area contributed by atoms with Crippen molar-refractivity contribution in [2.24, 2.45) is 0 Å². The van der Waals surface area contributed by atoms with Crippen LogP contribution in [0.2, 0.25) is 0 Å². The molecule has 78 valence electrons. The van der Waals surface area contributed by atoms with E-state index in [1.807, 2.05) is 37.4 Å². The van der Waals surface area contributed by atoms with Crippen molar-refractivity contribution < 1.29 is 4.74 Å². The van der Waals surface area contributed by atoms with Crippen molar-refractivity contribution in [1.29, 1.82) is 0 Å². The second-order valence-electron chi connectivity index (χ2n) is 3.36. The largest absolute Gasteiger partial charge is 0.496 e. The Bertz CT molecular complexity index is 468. The van der Waals surface area contributed by atoms with Crippen molar-refractivity contribution in [3.8, 4) is 5.75 Å². The molecule has 3 heteroatoms. The lowest BCUT2D eigenvalue weighted by molar-refractivity contribution is 0.418. The Kier molecular flexibility index (Phi) is 2.83. The summed E-state index contributed by atoms with van der Waals surface area (Å²) in [5.41, 5.74) is 1.97. The van der Waals surface area contributed by atoms with Crippen LogP contribution in [-0.2, 0) is 6.54 Å². The molecule has 0 aliphatic heterocycles. The zero-order chi connectivity index (χ0) is 10.7. The molecular formula is C12H14N2O. The molecule has 0 atom stereocenters. The minimum Gasteiger partial charge on any atom is -0.496 e. The third-order valence-electron chi connectivity index (χ3n) is 2.31. The summed E-state index contributed by atoms with van der Waals surface area (Å²) >= 11 is 0. The first kappa shape index (κ1) is 9.93. The number of fused-ring (bicyclic) bond motifs is 1. The molecule has 2 rings (SSSR count). The van der Waals surface area contributed by atoms with Gasteiger partial charge >= 0.3 is 0 Å². The van der Waals surface area contributed by atoms with Gasteiger partial charge in [0.05, 0.1) is 18.3 Å². The number of hydrogen-bond donors (Lipinski definition) is 1. The van der Waals surface area contributed by atoms with Gasteiger partial charge in [-0.25, -0.2) is 0 Å². The summed E-state index contributed by atoms with van der Waals surface area (Å²) in [6, 6.07) is 9.96. The second kappa shape index (κ2) is 4.28. The first-order valence-electron chi connectivity index (χ1n) is 4.92. The van der Waals surface area contributed by atoms with Gasteiger partial charge in [-0.2, -0.15) is 0 Å². The topological polar surface area (TPSA) is 34.1 Å². The van der Waals surface area contributed by atoms with Gasteiger partial charge in [-0.3, -0.25) is 4.98 Å². The molecule has 0 amide bonds. The lowest BCUT2D eigenvalue weighted by Gasteiger charge is -2.07. The van der Waals surface area contributed by atoms with Crippen LogP contribution in [0.5, 0.6) is 5.75 Å². The molecule has 0 aliphatic rings. The number of para-hydroxylation sites is 1. The maximum atomic E-state index is 5.35. The average molecular weight is 202 g/mol. The predicted octanol–water partition coefficient (Wildman–Crippen LogP) is 1.96. The van der Waals surface area contributed by atoms with E-state index in [2.05, 4.69) is 10.3 Å². The number of rotatable bonds is 3. The van der Waals surface area contributed by atoms with Gasteiger partial charge in [-0.1, -0.05) is 12.1 Å². The van der Waals surface area contributed by atoms with E-state index in [-0.39, 0.29) is 0 Å². The highest BCUT2D eigenvalue weighted by atomic mass is 16.5. The van der Waals surface area contributed by atoms with Gasteiger partial charge in [-0.05, 0) is 19.2 Å². The molecule has 0 saturated carbocycles. The Balaban J connectivity index is 2.60. The lowest BCUT2D eigenvalue weighted by atomic mass is 10.2. The van der Waals surface area contributed by atoms with E-state index >= 15 is 0 Å². The minimum atomic E-state index is 0.751. The molecule has 2 aromatic rings. The molecule has 0 bridgehead atoms. The van der Waals surface area contributed by atoms with Crippen LogP contribution in [0.4, 0.5) is 0 Å². The number of ether oxygens (including phenoxy) is 1. The molecular weight excluding hydrogens is 188 g/mol. The Morgan fingerprint density at radius 1 is 1.33 bits per heavy atom. The summed E-state index contributed by atoms with van der Waals surface area (Å²) in [7, 11) is 3.59. The molecule has 15 heavy (non-hydrogen) atoms. The van der Waals surface area contributed by atoms with Crippen molar-refractivity contribution in [3.05, 3.63) is 36.0 Å². The van der Waals surface area contributed by atoms with Crippen molar-refractivity contribution in [3.63, 3.8) is 0 Å². The Labute approximate surface area is 89.1 Å². The average Bonchev–Trinajstić information content (AvgIpc) is 2.28. The number of hydrogen-bond acceptors (Lipinski definition) is 3. The first-order valence-corrected chi connectivity index (χ1v) is 4.92. The fraction of sp³-hybridized carbons (Fsp3) is 0.250. The van der Waals surface area contributed by atoms with Gasteiger partial charge in [0.1, 0.15) is 5.75 Å². The molecule has 1 heterocycles. The summed E-state index contributed by atoms with van der Waals surface area (Å²) < 4.78 is 5.35. The first-order chi connectivity index (χ1) is 7.35. The maximum absolute atomic E-state index is 5.35. The fourth-order valence-corrected chi connectivity index (χ4v) is 1.64. The summed E-state index contributed by atoms with van der Waals surface area (Å²) in [6.45, 7) is 0.751. The standard InChI is InChI=1S/C12H14N2O/c1-13-8-9-7-12(15-2)10-5-3-4-6-11(10)14-9/h3-7,13H,8H2,1-2H3. The van der Waals surface area contributed by atoms with Crippen LogP contribution in [0, 0.1) is 0 Å². The molecule has 0 unspecified atom stereocenters. The highest BCUT2D eigenvalue weighted by Gasteiger charge is 2.04. The van der Waals surface area contributed by atoms with Gasteiger partial charge < -0.3 is 10.1 Å². The molecule has 3 nitrogen and oxygen atoms in total. The van der Waals surface area contributed by atoms with Gasteiger partial charge in [0.2, 0.25) is 0 Å². The third kappa shape index (κ3) is 1.92. The van der Waals surface area contributed by atoms with E-state index in [4.69, 9.17) is 4.74 Å². The van der Waals surface area contributed by atoms with Crippen LogP contribution in [0.15, 0.2) is 30.3 Å². The Hall–Kier alpha value is -1.61. The summed E-state index contributed by atoms with van der Waals surface area (Å²) in [5.74, 6) is 0.880. The lowest BCUT2D eigenvalue weighted by Crippen LogP contribution is -2.07. The zero-order valence-electron chi connectivity index (χ0n) is 8.95. The smallest absolute Gasteiger partial charge is 0.130 e. The van der Waals surface area contributed by atoms with E-state index in [9.17, 15) is 0 Å². The monoisotopic (exact) mass is 202 g/mol. The van der Waals surface area contributed by atoms with Crippen molar-refractivity contribution >= 4 is 10.9 Å². The van der Waals surface area contributed by atoms with Crippen molar-refractivity contribution in [1.82, 2.24) is 10.3 Å². The number of nitrogens with one attached hydrogen (secondary N) is 1. The van der Waals surface area contributed by atoms with Crippen LogP contribution in [-0.4, -0.2) is 19.1 Å². The van der Waals surface area contributed by atoms with E-state index in [1.165, 1.54) is 0 Å². The number of pyridine rings is 1. The maximum Gasteiger partial charge on any atom is 0.130 e. The van der Waals surface area contributed by atoms with Crippen LogP contribution in [0.3, 0.4) is 0 Å². The normalized spacial score (nSPS) is 10.5. The third-order valence-corrected chi connectivity index (χ3v) is 2.31. The second-order valence-corrected chi connectivity index (χ2v) is 3.36. The predicted molar refractivity (Wildman–Crippen MR) is 61.1 cm³/mol. The molecule has 1 aromatic carbocycles. The molecule has 0 saturated heterocycles. The van der Waals surface area contributed by atoms with E-state index in [0.29, 0.717) is 0 Å². The van der Waals surface area contributed by atoms with Gasteiger partial charge in [0.15, 0.2) is 0 Å². The molecule has 0 fully saturated rings. The van der Waals surface area contributed by atoms with Crippen LogP contribution < -0.4 is 10.1 Å². The Morgan fingerprint density at radius 3 is 2.87 bits per heavy atom. The quantitative estimate of drug-likeness (QED) is 0.826. The number of aromatic nitrogens is 1. The van der Waals surface area contributed by atoms with Crippen molar-refractivity contribution in [2.75, 3.05) is 14.2 Å². The van der Waals surface area contributed by atoms with Crippen LogP contribution in [0.1, 0.15) is 5.69 Å². The molecule has 1 aromatic heterocycles. The number of methoxy groups -OCH3 is 1. The van der Waals surface area contributed by atoms with E-state index < -0.39 is 0 Å². The minimum absolute atomic E-state index is 0.751. The molecule has 0 spiro atoms. The fourth-order valence-electron chi connectivity index (χ4n) is 1.64. The highest BCUT2D eigenvalue weighted by molar-refractivity contribution is 5.85. The van der Waals surface area contributed by atoms with E-state index in [0.717, 1.165) is 28.9 Å². The molecule has 1 N–H and O–H groups in total. The van der Waals surface area contributed by atoms with E-state index in [1.54, 1.807) is 7.11 Å². The van der Waals surface area contributed by atoms with Gasteiger partial charge in [0.25, 0.3) is 0 Å². The van der Waals surface area contributed by atoms with Crippen LogP contribution in [0.25, 0.3) is 10.9 Å². The van der Waals surface area contributed by atoms with Crippen molar-refractivity contribution in [2.45, 2.75) is 6.54 Å². The molecule has 0 radical (unpaired) electrons. The zero-order valence-corrected chi connectivity index (χ0v) is 8.95. The van der Waals surface area contributed by atoms with Gasteiger partial charge in [0, 0.05) is 18.0 Å². The summed E-state index contributed by atoms with van der Waals surface area (Å²) in [4.78, 5) is 4.53. The Morgan fingerprint density at radius 2 is 2.13 bits per heavy atom. The SMILES string of the molecule is CNCc1cc(OC)c2ccccc2n1. The summed E-state index contributed by atoms with van der Waals surface area (Å²) in [5, 5.41) is 4.14. The van der Waals surface area contributed by atoms with Gasteiger partial charge in [-0.15, -0.1) is 0 Å². The highest BCUT2D eigenvalue weighted by Crippen LogP contribution is 2.24. The summed E-state index contributed by atoms with van der Waals surface area (Å²) in [6.07, 6.45) is 0.